The van der Waals surface area contributed by atoms with E-state index in [4.69, 9.17) is 4.42 Å². The van der Waals surface area contributed by atoms with Crippen molar-refractivity contribution in [3.63, 3.8) is 0 Å². The molecule has 0 fully saturated rings. The first-order valence-corrected chi connectivity index (χ1v) is 14.9. The van der Waals surface area contributed by atoms with Gasteiger partial charge in [-0.05, 0) is 69.1 Å². The van der Waals surface area contributed by atoms with Gasteiger partial charge in [0.2, 0.25) is 0 Å². The minimum Gasteiger partial charge on any atom is -0.456 e. The van der Waals surface area contributed by atoms with Crippen LogP contribution >= 0.6 is 0 Å². The van der Waals surface area contributed by atoms with Crippen LogP contribution in [0.5, 0.6) is 0 Å². The Morgan fingerprint density at radius 2 is 1.31 bits per heavy atom. The summed E-state index contributed by atoms with van der Waals surface area (Å²) < 4.78 is 6.67. The molecule has 2 heteroatoms. The van der Waals surface area contributed by atoms with Crippen LogP contribution in [0.25, 0.3) is 38.8 Å². The lowest BCUT2D eigenvalue weighted by Crippen LogP contribution is -2.22. The van der Waals surface area contributed by atoms with Gasteiger partial charge in [-0.15, -0.1) is 0 Å². The lowest BCUT2D eigenvalue weighted by Gasteiger charge is -2.30. The number of fused-ring (bicyclic) bond motifs is 6. The van der Waals surface area contributed by atoms with Gasteiger partial charge in [0.05, 0.1) is 6.04 Å². The monoisotopic (exact) mass is 543 g/mol. The third kappa shape index (κ3) is 3.79. The van der Waals surface area contributed by atoms with Crippen LogP contribution < -0.4 is 5.32 Å². The lowest BCUT2D eigenvalue weighted by atomic mass is 9.80. The number of rotatable bonds is 4. The molecule has 0 saturated carbocycles. The second kappa shape index (κ2) is 9.36. The van der Waals surface area contributed by atoms with Crippen LogP contribution in [0.2, 0.25) is 0 Å². The van der Waals surface area contributed by atoms with E-state index < -0.39 is 0 Å². The van der Waals surface area contributed by atoms with Gasteiger partial charge in [0.25, 0.3) is 0 Å². The Balaban J connectivity index is 1.21. The summed E-state index contributed by atoms with van der Waals surface area (Å²) in [6, 6.07) is 43.7. The van der Waals surface area contributed by atoms with E-state index in [1.807, 2.05) is 0 Å². The van der Waals surface area contributed by atoms with E-state index in [0.717, 1.165) is 17.0 Å². The summed E-state index contributed by atoms with van der Waals surface area (Å²) in [4.78, 5) is 0. The molecule has 8 rings (SSSR count). The van der Waals surface area contributed by atoms with E-state index in [2.05, 4.69) is 153 Å². The molecule has 2 unspecified atom stereocenters. The van der Waals surface area contributed by atoms with Gasteiger partial charge in [0, 0.05) is 27.6 Å². The Morgan fingerprint density at radius 3 is 2.14 bits per heavy atom. The number of furan rings is 1. The van der Waals surface area contributed by atoms with Crippen LogP contribution in [-0.2, 0) is 5.41 Å². The van der Waals surface area contributed by atoms with Crippen molar-refractivity contribution in [2.45, 2.75) is 32.2 Å². The van der Waals surface area contributed by atoms with Crippen molar-refractivity contribution in [2.24, 2.45) is 5.92 Å². The van der Waals surface area contributed by atoms with E-state index in [9.17, 15) is 0 Å². The fraction of sp³-hybridized carbons (Fsp3) is 0.150. The number of benzene rings is 5. The van der Waals surface area contributed by atoms with Crippen LogP contribution in [0, 0.1) is 5.92 Å². The molecule has 0 radical (unpaired) electrons. The van der Waals surface area contributed by atoms with E-state index >= 15 is 0 Å². The van der Waals surface area contributed by atoms with Crippen molar-refractivity contribution < 1.29 is 4.42 Å². The molecule has 1 N–H and O–H groups in total. The topological polar surface area (TPSA) is 25.2 Å². The third-order valence-corrected chi connectivity index (χ3v) is 9.35. The zero-order chi connectivity index (χ0) is 28.4. The number of nitrogens with one attached hydrogen (secondary N) is 1. The van der Waals surface area contributed by atoms with Gasteiger partial charge >= 0.3 is 0 Å². The molecule has 0 amide bonds. The molecule has 2 nitrogen and oxygen atoms in total. The summed E-state index contributed by atoms with van der Waals surface area (Å²) in [5.41, 5.74) is 13.6. The highest BCUT2D eigenvalue weighted by molar-refractivity contribution is 5.94. The summed E-state index contributed by atoms with van der Waals surface area (Å²) in [7, 11) is 0. The van der Waals surface area contributed by atoms with Gasteiger partial charge in [-0.1, -0.05) is 124 Å². The maximum Gasteiger partial charge on any atom is 0.140 e. The molecular formula is C40H33NO. The Kier molecular flexibility index (Phi) is 5.55. The van der Waals surface area contributed by atoms with Crippen LogP contribution in [-0.4, -0.2) is 0 Å². The maximum atomic E-state index is 6.67. The molecule has 2 aliphatic rings. The van der Waals surface area contributed by atoms with Gasteiger partial charge in [-0.25, -0.2) is 0 Å². The van der Waals surface area contributed by atoms with Crippen molar-refractivity contribution in [1.82, 2.24) is 0 Å². The second-order valence-electron chi connectivity index (χ2n) is 12.3. The van der Waals surface area contributed by atoms with Gasteiger partial charge in [-0.3, -0.25) is 0 Å². The summed E-state index contributed by atoms with van der Waals surface area (Å²) >= 11 is 0. The molecule has 42 heavy (non-hydrogen) atoms. The molecule has 6 aromatic rings. The number of hydrogen-bond acceptors (Lipinski definition) is 2. The Labute approximate surface area is 247 Å². The van der Waals surface area contributed by atoms with Crippen molar-refractivity contribution in [1.29, 1.82) is 0 Å². The third-order valence-electron chi connectivity index (χ3n) is 9.35. The zero-order valence-electron chi connectivity index (χ0n) is 24.2. The molecule has 0 saturated heterocycles. The zero-order valence-corrected chi connectivity index (χ0v) is 24.2. The van der Waals surface area contributed by atoms with E-state index in [1.165, 1.54) is 55.5 Å². The Hall–Kier alpha value is -4.82. The molecule has 0 bridgehead atoms. The minimum atomic E-state index is -0.00566. The van der Waals surface area contributed by atoms with Crippen LogP contribution in [0.3, 0.4) is 0 Å². The lowest BCUT2D eigenvalue weighted by molar-refractivity contribution is 0.546. The summed E-state index contributed by atoms with van der Waals surface area (Å²) in [5, 5.41) is 5.05. The molecule has 204 valence electrons. The van der Waals surface area contributed by atoms with Crippen molar-refractivity contribution >= 4 is 22.2 Å². The molecule has 1 heterocycles. The molecule has 1 aromatic heterocycles. The van der Waals surface area contributed by atoms with Crippen LogP contribution in [0.4, 0.5) is 5.69 Å². The predicted octanol–water partition coefficient (Wildman–Crippen LogP) is 10.6. The molecule has 0 spiro atoms. The molecule has 5 aromatic carbocycles. The van der Waals surface area contributed by atoms with E-state index in [-0.39, 0.29) is 17.4 Å². The van der Waals surface area contributed by atoms with E-state index in [1.54, 1.807) is 0 Å². The van der Waals surface area contributed by atoms with E-state index in [0.29, 0.717) is 0 Å². The predicted molar refractivity (Wildman–Crippen MR) is 175 cm³/mol. The van der Waals surface area contributed by atoms with Gasteiger partial charge in [-0.2, -0.15) is 0 Å². The van der Waals surface area contributed by atoms with Gasteiger partial charge < -0.3 is 9.73 Å². The summed E-state index contributed by atoms with van der Waals surface area (Å²) in [5.74, 6) is 1.22. The SMILES string of the molecule is CC1C=C(c2ccc3c(c2)-c2ccccc2C3(C)C)c2oc3ccccc3c2C1Nc1ccc(-c2ccccc2)cc1. The highest BCUT2D eigenvalue weighted by atomic mass is 16.3. The average Bonchev–Trinajstić information content (AvgIpc) is 3.52. The standard InChI is InChI=1S/C40H33NO/c1-25-23-32(28-19-22-35-33(24-28)30-13-7-9-15-34(30)40(35,2)3)39-37(31-14-8-10-16-36(31)42-39)38(25)41-29-20-17-27(18-21-29)26-11-5-4-6-12-26/h4-25,38,41H,1-3H3. The van der Waals surface area contributed by atoms with Crippen molar-refractivity contribution in [3.05, 3.63) is 155 Å². The Bertz CT molecular complexity index is 1990. The molecule has 2 aliphatic carbocycles. The first-order valence-electron chi connectivity index (χ1n) is 14.9. The van der Waals surface area contributed by atoms with Crippen LogP contribution in [0.1, 0.15) is 54.8 Å². The quantitative estimate of drug-likeness (QED) is 0.239. The fourth-order valence-corrected chi connectivity index (χ4v) is 7.16. The summed E-state index contributed by atoms with van der Waals surface area (Å²) in [6.45, 7) is 6.98. The Morgan fingerprint density at radius 1 is 0.643 bits per heavy atom. The van der Waals surface area contributed by atoms with Gasteiger partial charge in [0.15, 0.2) is 0 Å². The normalized spacial score (nSPS) is 18.2. The number of para-hydroxylation sites is 1. The minimum absolute atomic E-state index is 0.00566. The summed E-state index contributed by atoms with van der Waals surface area (Å²) in [6.07, 6.45) is 2.40. The highest BCUT2D eigenvalue weighted by Gasteiger charge is 2.37. The molecule has 2 atom stereocenters. The average molecular weight is 544 g/mol. The molecule has 0 aliphatic heterocycles. The number of hydrogen-bond donors (Lipinski definition) is 1. The maximum absolute atomic E-state index is 6.67. The molecular weight excluding hydrogens is 510 g/mol. The van der Waals surface area contributed by atoms with Gasteiger partial charge in [0.1, 0.15) is 11.3 Å². The van der Waals surface area contributed by atoms with Crippen molar-refractivity contribution in [2.75, 3.05) is 5.32 Å². The van der Waals surface area contributed by atoms with Crippen molar-refractivity contribution in [3.8, 4) is 22.3 Å². The first kappa shape index (κ1) is 24.9. The second-order valence-corrected chi connectivity index (χ2v) is 12.3. The number of anilines is 1. The first-order chi connectivity index (χ1) is 20.5. The smallest absolute Gasteiger partial charge is 0.140 e. The van der Waals surface area contributed by atoms with Crippen LogP contribution in [0.15, 0.2) is 132 Å². The fourth-order valence-electron chi connectivity index (χ4n) is 7.16. The largest absolute Gasteiger partial charge is 0.456 e. The highest BCUT2D eigenvalue weighted by Crippen LogP contribution is 2.51.